The molecule has 2 atom stereocenters. The summed E-state index contributed by atoms with van der Waals surface area (Å²) in [7, 11) is -2.17. The number of hydroxylamine groups is 2. The number of benzene rings is 2. The summed E-state index contributed by atoms with van der Waals surface area (Å²) in [6.45, 7) is 15.3. The van der Waals surface area contributed by atoms with Crippen molar-refractivity contribution >= 4 is 14.1 Å². The van der Waals surface area contributed by atoms with E-state index in [2.05, 4.69) is 72.0 Å². The highest BCUT2D eigenvalue weighted by Crippen LogP contribution is 2.44. The molecule has 3 rings (SSSR count). The SMILES string of the molecule is CC1(C)C[C@@H](c2ccccc2)[C@@H](CC(=O)c2ccccc2)N(O[Si](C)(C)C(C)(C)C)O1. The van der Waals surface area contributed by atoms with Gasteiger partial charge >= 0.3 is 0 Å². The number of carbonyl (C=O) groups excluding carboxylic acids is 1. The summed E-state index contributed by atoms with van der Waals surface area (Å²) in [4.78, 5) is 19.6. The Balaban J connectivity index is 1.99. The van der Waals surface area contributed by atoms with Gasteiger partial charge in [-0.2, -0.15) is 0 Å². The number of carbonyl (C=O) groups is 1. The van der Waals surface area contributed by atoms with Crippen LogP contribution in [0.5, 0.6) is 0 Å². The molecule has 1 aliphatic rings. The van der Waals surface area contributed by atoms with Gasteiger partial charge in [-0.3, -0.25) is 9.63 Å². The summed E-state index contributed by atoms with van der Waals surface area (Å²) in [6, 6.07) is 19.8. The normalized spacial score (nSPS) is 22.3. The van der Waals surface area contributed by atoms with Gasteiger partial charge in [0.1, 0.15) is 0 Å². The number of ketones is 1. The fourth-order valence-electron chi connectivity index (χ4n) is 3.80. The second kappa shape index (κ2) is 8.98. The minimum atomic E-state index is -2.17. The lowest BCUT2D eigenvalue weighted by Gasteiger charge is -2.50. The Hall–Kier alpha value is -1.79. The van der Waals surface area contributed by atoms with Crippen LogP contribution in [0.3, 0.4) is 0 Å². The molecule has 2 aromatic carbocycles. The highest BCUT2D eigenvalue weighted by atomic mass is 28.4. The highest BCUT2D eigenvalue weighted by Gasteiger charge is 2.48. The maximum atomic E-state index is 13.2. The van der Waals surface area contributed by atoms with E-state index in [9.17, 15) is 4.79 Å². The van der Waals surface area contributed by atoms with Gasteiger partial charge in [0.2, 0.25) is 8.32 Å². The lowest BCUT2D eigenvalue weighted by molar-refractivity contribution is -0.410. The molecule has 4 nitrogen and oxygen atoms in total. The van der Waals surface area contributed by atoms with Crippen LogP contribution in [0.4, 0.5) is 0 Å². The Morgan fingerprint density at radius 3 is 2.16 bits per heavy atom. The van der Waals surface area contributed by atoms with E-state index in [0.29, 0.717) is 6.42 Å². The minimum Gasteiger partial charge on any atom is -0.320 e. The molecule has 1 fully saturated rings. The van der Waals surface area contributed by atoms with Crippen molar-refractivity contribution < 1.29 is 14.2 Å². The molecule has 0 spiro atoms. The van der Waals surface area contributed by atoms with Crippen LogP contribution < -0.4 is 0 Å². The molecule has 0 aliphatic carbocycles. The second-order valence-electron chi connectivity index (χ2n) is 10.8. The van der Waals surface area contributed by atoms with E-state index in [1.54, 1.807) is 5.23 Å². The first kappa shape index (κ1) is 23.9. The van der Waals surface area contributed by atoms with E-state index in [1.807, 2.05) is 36.4 Å². The molecule has 1 heterocycles. The Morgan fingerprint density at radius 2 is 1.61 bits per heavy atom. The van der Waals surface area contributed by atoms with Crippen LogP contribution in [0.25, 0.3) is 0 Å². The van der Waals surface area contributed by atoms with Gasteiger partial charge in [-0.25, -0.2) is 0 Å². The molecule has 0 radical (unpaired) electrons. The second-order valence-corrected chi connectivity index (χ2v) is 15.5. The van der Waals surface area contributed by atoms with Crippen LogP contribution >= 0.6 is 0 Å². The van der Waals surface area contributed by atoms with Crippen molar-refractivity contribution in [2.24, 2.45) is 0 Å². The third-order valence-electron chi connectivity index (χ3n) is 6.63. The van der Waals surface area contributed by atoms with Crippen molar-refractivity contribution in [2.45, 2.75) is 83.2 Å². The highest BCUT2D eigenvalue weighted by molar-refractivity contribution is 6.74. The predicted molar refractivity (Wildman–Crippen MR) is 128 cm³/mol. The smallest absolute Gasteiger partial charge is 0.223 e. The number of hydrogen-bond acceptors (Lipinski definition) is 4. The van der Waals surface area contributed by atoms with Gasteiger partial charge in [0.15, 0.2) is 5.78 Å². The van der Waals surface area contributed by atoms with E-state index < -0.39 is 13.9 Å². The van der Waals surface area contributed by atoms with Crippen LogP contribution in [0.1, 0.15) is 69.3 Å². The van der Waals surface area contributed by atoms with E-state index in [1.165, 1.54) is 5.56 Å². The number of hydrogen-bond donors (Lipinski definition) is 0. The molecule has 0 N–H and O–H groups in total. The Morgan fingerprint density at radius 1 is 1.06 bits per heavy atom. The molecular formula is C26H37NO3Si. The average molecular weight is 440 g/mol. The molecule has 0 unspecified atom stereocenters. The Kier molecular flexibility index (Phi) is 6.92. The fourth-order valence-corrected chi connectivity index (χ4v) is 4.69. The van der Waals surface area contributed by atoms with Crippen LogP contribution in [-0.4, -0.2) is 31.0 Å². The monoisotopic (exact) mass is 439 g/mol. The van der Waals surface area contributed by atoms with E-state index in [-0.39, 0.29) is 22.8 Å². The van der Waals surface area contributed by atoms with E-state index >= 15 is 0 Å². The quantitative estimate of drug-likeness (QED) is 0.368. The molecule has 2 aromatic rings. The molecular weight excluding hydrogens is 402 g/mol. The first-order chi connectivity index (χ1) is 14.4. The van der Waals surface area contributed by atoms with E-state index in [0.717, 1.165) is 12.0 Å². The molecule has 1 aliphatic heterocycles. The molecule has 0 aromatic heterocycles. The number of nitrogens with zero attached hydrogens (tertiary/aromatic N) is 1. The van der Waals surface area contributed by atoms with Gasteiger partial charge in [0.05, 0.1) is 11.6 Å². The van der Waals surface area contributed by atoms with Crippen molar-refractivity contribution in [3.63, 3.8) is 0 Å². The van der Waals surface area contributed by atoms with Gasteiger partial charge in [0, 0.05) is 17.9 Å². The standard InChI is InChI=1S/C26H37NO3Si/c1-25(2,3)31(6,7)30-27-23(18-24(28)21-16-12-9-13-17-21)22(19-26(4,5)29-27)20-14-10-8-11-15-20/h8-17,22-23H,18-19H2,1-7H3/t22-,23+/m0/s1. The first-order valence-corrected chi connectivity index (χ1v) is 14.1. The fraction of sp³-hybridized carbons (Fsp3) is 0.500. The van der Waals surface area contributed by atoms with Gasteiger partial charge in [-0.1, -0.05) is 86.7 Å². The third kappa shape index (κ3) is 5.72. The molecule has 0 saturated carbocycles. The van der Waals surface area contributed by atoms with Gasteiger partial charge < -0.3 is 4.53 Å². The zero-order chi connectivity index (χ0) is 22.9. The van der Waals surface area contributed by atoms with Crippen LogP contribution in [-0.2, 0) is 9.36 Å². The average Bonchev–Trinajstić information content (AvgIpc) is 2.69. The summed E-state index contributed by atoms with van der Waals surface area (Å²) in [5, 5.41) is 1.73. The molecule has 31 heavy (non-hydrogen) atoms. The van der Waals surface area contributed by atoms with Crippen molar-refractivity contribution in [2.75, 3.05) is 0 Å². The summed E-state index contributed by atoms with van der Waals surface area (Å²) in [6.07, 6.45) is 1.16. The summed E-state index contributed by atoms with van der Waals surface area (Å²) < 4.78 is 6.68. The zero-order valence-electron chi connectivity index (χ0n) is 20.0. The lowest BCUT2D eigenvalue weighted by atomic mass is 9.79. The largest absolute Gasteiger partial charge is 0.320 e. The maximum Gasteiger partial charge on any atom is 0.223 e. The number of Topliss-reactive ketones (excluding diaryl/α,β-unsaturated/α-hetero) is 1. The van der Waals surface area contributed by atoms with Crippen molar-refractivity contribution in [3.8, 4) is 0 Å². The van der Waals surface area contributed by atoms with Gasteiger partial charge in [-0.15, -0.1) is 0 Å². The molecule has 1 saturated heterocycles. The Labute approximate surface area is 188 Å². The zero-order valence-corrected chi connectivity index (χ0v) is 21.0. The molecule has 168 valence electrons. The van der Waals surface area contributed by atoms with Gasteiger partial charge in [-0.05, 0) is 44.0 Å². The molecule has 0 amide bonds. The van der Waals surface area contributed by atoms with Crippen molar-refractivity contribution in [1.82, 2.24) is 5.23 Å². The van der Waals surface area contributed by atoms with Crippen LogP contribution in [0, 0.1) is 0 Å². The minimum absolute atomic E-state index is 0.0220. The van der Waals surface area contributed by atoms with Crippen LogP contribution in [0.15, 0.2) is 60.7 Å². The first-order valence-electron chi connectivity index (χ1n) is 11.2. The van der Waals surface area contributed by atoms with Crippen LogP contribution in [0.2, 0.25) is 18.1 Å². The lowest BCUT2D eigenvalue weighted by Crippen LogP contribution is -2.57. The van der Waals surface area contributed by atoms with Crippen molar-refractivity contribution in [1.29, 1.82) is 0 Å². The van der Waals surface area contributed by atoms with Gasteiger partial charge in [0.25, 0.3) is 0 Å². The molecule has 5 heteroatoms. The summed E-state index contributed by atoms with van der Waals surface area (Å²) in [5.74, 6) is 0.237. The molecule has 0 bridgehead atoms. The number of rotatable bonds is 6. The summed E-state index contributed by atoms with van der Waals surface area (Å²) >= 11 is 0. The predicted octanol–water partition coefficient (Wildman–Crippen LogP) is 6.76. The maximum absolute atomic E-state index is 13.2. The third-order valence-corrected chi connectivity index (χ3v) is 10.9. The topological polar surface area (TPSA) is 38.8 Å². The summed E-state index contributed by atoms with van der Waals surface area (Å²) in [5.41, 5.74) is 1.55. The van der Waals surface area contributed by atoms with E-state index in [4.69, 9.17) is 9.36 Å². The Bertz CT molecular complexity index is 875. The van der Waals surface area contributed by atoms with Crippen molar-refractivity contribution in [3.05, 3.63) is 71.8 Å².